The van der Waals surface area contributed by atoms with E-state index >= 15 is 0 Å². The normalized spacial score (nSPS) is 19.2. The Hall–Kier alpha value is -3.32. The van der Waals surface area contributed by atoms with E-state index in [-0.39, 0.29) is 5.54 Å². The van der Waals surface area contributed by atoms with Crippen LogP contribution in [0.3, 0.4) is 0 Å². The molecule has 0 bridgehead atoms. The van der Waals surface area contributed by atoms with Gasteiger partial charge in [-0.2, -0.15) is 0 Å². The predicted molar refractivity (Wildman–Crippen MR) is 132 cm³/mol. The summed E-state index contributed by atoms with van der Waals surface area (Å²) in [4.78, 5) is 23.7. The summed E-state index contributed by atoms with van der Waals surface area (Å²) in [5.41, 5.74) is 13.1. The van der Waals surface area contributed by atoms with Crippen LogP contribution in [0.1, 0.15) is 43.1 Å². The van der Waals surface area contributed by atoms with E-state index in [1.165, 1.54) is 16.8 Å². The van der Waals surface area contributed by atoms with E-state index in [0.717, 1.165) is 73.9 Å². The molecule has 3 aliphatic rings. The van der Waals surface area contributed by atoms with Crippen LogP contribution >= 0.6 is 0 Å². The molecule has 3 aromatic rings. The first-order valence-electron chi connectivity index (χ1n) is 11.8. The molecular formula is C26H29N7. The number of amidine groups is 1. The summed E-state index contributed by atoms with van der Waals surface area (Å²) in [7, 11) is 0. The molecule has 5 heterocycles. The Kier molecular flexibility index (Phi) is 4.87. The van der Waals surface area contributed by atoms with Crippen molar-refractivity contribution in [1.82, 2.24) is 15.0 Å². The number of anilines is 2. The van der Waals surface area contributed by atoms with Crippen molar-refractivity contribution in [2.45, 2.75) is 44.7 Å². The maximum absolute atomic E-state index is 6.31. The third kappa shape index (κ3) is 3.66. The van der Waals surface area contributed by atoms with Crippen molar-refractivity contribution in [3.05, 3.63) is 65.9 Å². The Balaban J connectivity index is 1.30. The van der Waals surface area contributed by atoms with Crippen molar-refractivity contribution >= 4 is 17.3 Å². The van der Waals surface area contributed by atoms with Gasteiger partial charge >= 0.3 is 0 Å². The zero-order valence-electron chi connectivity index (χ0n) is 19.0. The van der Waals surface area contributed by atoms with Gasteiger partial charge in [-0.1, -0.05) is 18.2 Å². The second-order valence-electron chi connectivity index (χ2n) is 9.60. The van der Waals surface area contributed by atoms with E-state index in [9.17, 15) is 0 Å². The number of benzene rings is 1. The highest BCUT2D eigenvalue weighted by Crippen LogP contribution is 2.37. The number of aromatic nitrogens is 3. The van der Waals surface area contributed by atoms with Gasteiger partial charge < -0.3 is 15.5 Å². The molecule has 3 aliphatic heterocycles. The van der Waals surface area contributed by atoms with Crippen LogP contribution in [0.2, 0.25) is 0 Å². The van der Waals surface area contributed by atoms with Crippen molar-refractivity contribution < 1.29 is 0 Å². The first kappa shape index (κ1) is 20.3. The molecule has 1 saturated heterocycles. The number of rotatable bonds is 2. The third-order valence-electron chi connectivity index (χ3n) is 7.13. The monoisotopic (exact) mass is 439 g/mol. The predicted octanol–water partition coefficient (Wildman–Crippen LogP) is 3.57. The van der Waals surface area contributed by atoms with Gasteiger partial charge in [-0.05, 0) is 55.9 Å². The van der Waals surface area contributed by atoms with Crippen LogP contribution in [0.25, 0.3) is 11.1 Å². The quantitative estimate of drug-likeness (QED) is 0.657. The van der Waals surface area contributed by atoms with Crippen molar-refractivity contribution in [1.29, 1.82) is 0 Å². The summed E-state index contributed by atoms with van der Waals surface area (Å²) in [5.74, 6) is 1.89. The molecule has 2 aromatic heterocycles. The van der Waals surface area contributed by atoms with E-state index < -0.39 is 0 Å². The highest BCUT2D eigenvalue weighted by Gasteiger charge is 2.31. The van der Waals surface area contributed by atoms with Crippen LogP contribution in [0.4, 0.5) is 11.5 Å². The topological polar surface area (TPSA) is 83.5 Å². The smallest absolute Gasteiger partial charge is 0.156 e. The second kappa shape index (κ2) is 7.92. The molecule has 2 N–H and O–H groups in total. The van der Waals surface area contributed by atoms with Gasteiger partial charge in [-0.25, -0.2) is 9.97 Å². The molecule has 6 rings (SSSR count). The lowest BCUT2D eigenvalue weighted by molar-refractivity contribution is 0.363. The van der Waals surface area contributed by atoms with Gasteiger partial charge in [0.1, 0.15) is 11.5 Å². The molecule has 0 aliphatic carbocycles. The van der Waals surface area contributed by atoms with Gasteiger partial charge in [0.2, 0.25) is 0 Å². The third-order valence-corrected chi connectivity index (χ3v) is 7.13. The first-order valence-corrected chi connectivity index (χ1v) is 11.8. The molecule has 168 valence electrons. The van der Waals surface area contributed by atoms with E-state index in [1.807, 2.05) is 24.7 Å². The summed E-state index contributed by atoms with van der Waals surface area (Å²) in [6.07, 6.45) is 9.75. The fourth-order valence-electron chi connectivity index (χ4n) is 5.19. The van der Waals surface area contributed by atoms with Crippen molar-refractivity contribution in [3.63, 3.8) is 0 Å². The first-order chi connectivity index (χ1) is 16.1. The van der Waals surface area contributed by atoms with E-state index in [2.05, 4.69) is 46.0 Å². The fourth-order valence-corrected chi connectivity index (χ4v) is 5.19. The van der Waals surface area contributed by atoms with E-state index in [0.29, 0.717) is 6.54 Å². The molecule has 0 spiro atoms. The molecule has 33 heavy (non-hydrogen) atoms. The van der Waals surface area contributed by atoms with Gasteiger partial charge in [-0.15, -0.1) is 0 Å². The van der Waals surface area contributed by atoms with Crippen LogP contribution in [-0.4, -0.2) is 46.0 Å². The molecule has 0 saturated carbocycles. The lowest BCUT2D eigenvalue weighted by Crippen LogP contribution is -2.48. The molecule has 0 unspecified atom stereocenters. The maximum Gasteiger partial charge on any atom is 0.156 e. The Morgan fingerprint density at radius 1 is 1.03 bits per heavy atom. The number of hydrogen-bond acceptors (Lipinski definition) is 7. The Labute approximate surface area is 194 Å². The highest BCUT2D eigenvalue weighted by molar-refractivity contribution is 6.11. The number of nitrogens with two attached hydrogens (primary N) is 1. The van der Waals surface area contributed by atoms with Crippen LogP contribution in [-0.2, 0) is 13.0 Å². The molecule has 0 radical (unpaired) electrons. The van der Waals surface area contributed by atoms with Crippen LogP contribution in [0.15, 0.2) is 53.9 Å². The average Bonchev–Trinajstić information content (AvgIpc) is 3.27. The van der Waals surface area contributed by atoms with Crippen molar-refractivity contribution in [2.24, 2.45) is 10.7 Å². The van der Waals surface area contributed by atoms with Crippen molar-refractivity contribution in [3.8, 4) is 11.1 Å². The van der Waals surface area contributed by atoms with Gasteiger partial charge in [0.25, 0.3) is 0 Å². The van der Waals surface area contributed by atoms with Gasteiger partial charge in [0.15, 0.2) is 5.84 Å². The molecular weight excluding hydrogens is 410 g/mol. The average molecular weight is 440 g/mol. The number of nitrogens with zero attached hydrogens (tertiary/aromatic N) is 6. The summed E-state index contributed by atoms with van der Waals surface area (Å²) >= 11 is 0. The molecule has 7 heteroatoms. The number of pyridine rings is 1. The van der Waals surface area contributed by atoms with Gasteiger partial charge in [0, 0.05) is 48.8 Å². The van der Waals surface area contributed by atoms with Gasteiger partial charge in [-0.3, -0.25) is 9.98 Å². The second-order valence-corrected chi connectivity index (χ2v) is 9.60. The van der Waals surface area contributed by atoms with E-state index in [1.54, 1.807) is 0 Å². The lowest BCUT2D eigenvalue weighted by Gasteiger charge is -2.37. The number of fused-ring (bicyclic) bond motifs is 2. The summed E-state index contributed by atoms with van der Waals surface area (Å²) in [6, 6.07) is 10.7. The molecule has 1 fully saturated rings. The Morgan fingerprint density at radius 2 is 1.91 bits per heavy atom. The fraction of sp³-hybridized carbons (Fsp3) is 0.385. The SMILES string of the molecule is CC1(N)CCN(c2cnc3c(n2)CN=C3N2CCCc3c(-c4cccnc4)cccc32)CC1. The maximum atomic E-state index is 6.31. The van der Waals surface area contributed by atoms with Crippen LogP contribution in [0.5, 0.6) is 0 Å². The number of piperidine rings is 1. The van der Waals surface area contributed by atoms with Crippen LogP contribution < -0.4 is 15.5 Å². The Morgan fingerprint density at radius 3 is 2.73 bits per heavy atom. The summed E-state index contributed by atoms with van der Waals surface area (Å²) < 4.78 is 0. The number of aliphatic imine (C=N–C) groups is 1. The standard InChI is InChI=1S/C26H29N7/c1-26(27)9-13-32(14-10-26)23-17-29-24-21(31-23)16-30-25(24)33-12-4-7-20-19(6-2-8-22(20)33)18-5-3-11-28-15-18/h2-3,5-6,8,11,15,17H,4,7,9-10,12-14,16,27H2,1H3. The number of hydrogen-bond donors (Lipinski definition) is 1. The van der Waals surface area contributed by atoms with Crippen LogP contribution in [0, 0.1) is 0 Å². The molecule has 7 nitrogen and oxygen atoms in total. The van der Waals surface area contributed by atoms with Gasteiger partial charge in [0.05, 0.1) is 18.4 Å². The summed E-state index contributed by atoms with van der Waals surface area (Å²) in [6.45, 7) is 5.50. The zero-order chi connectivity index (χ0) is 22.4. The highest BCUT2D eigenvalue weighted by atomic mass is 15.2. The zero-order valence-corrected chi connectivity index (χ0v) is 19.0. The molecule has 1 aromatic carbocycles. The molecule has 0 amide bonds. The minimum atomic E-state index is -0.0761. The largest absolute Gasteiger partial charge is 0.355 e. The minimum Gasteiger partial charge on any atom is -0.355 e. The molecule has 0 atom stereocenters. The lowest BCUT2D eigenvalue weighted by atomic mass is 9.91. The van der Waals surface area contributed by atoms with Crippen molar-refractivity contribution in [2.75, 3.05) is 29.4 Å². The van der Waals surface area contributed by atoms with E-state index in [4.69, 9.17) is 20.7 Å². The summed E-state index contributed by atoms with van der Waals surface area (Å²) in [5, 5.41) is 0. The minimum absolute atomic E-state index is 0.0761. The Bertz CT molecular complexity index is 1210.